The van der Waals surface area contributed by atoms with Crippen LogP contribution < -0.4 is 14.8 Å². The predicted molar refractivity (Wildman–Crippen MR) is 97.2 cm³/mol. The Kier molecular flexibility index (Phi) is 4.44. The van der Waals surface area contributed by atoms with E-state index in [1.165, 1.54) is 23.6 Å². The molecule has 0 fully saturated rings. The molecule has 27 heavy (non-hydrogen) atoms. The first-order valence-electron chi connectivity index (χ1n) is 7.82. The highest BCUT2D eigenvalue weighted by molar-refractivity contribution is 7.11. The lowest BCUT2D eigenvalue weighted by Gasteiger charge is -2.02. The fraction of sp³-hybridized carbons (Fsp3) is 0.0526. The molecule has 134 valence electrons. The number of halogens is 2. The highest BCUT2D eigenvalue weighted by atomic mass is 32.1. The molecule has 2 aromatic carbocycles. The number of hydrogen-bond donors (Lipinski definition) is 1. The lowest BCUT2D eigenvalue weighted by Crippen LogP contribution is -1.93. The first kappa shape index (κ1) is 17.0. The summed E-state index contributed by atoms with van der Waals surface area (Å²) in [4.78, 5) is 4.48. The third-order valence-corrected chi connectivity index (χ3v) is 4.70. The molecule has 8 heteroatoms. The van der Waals surface area contributed by atoms with Crippen LogP contribution in [0.2, 0.25) is 0 Å². The number of ether oxygens (including phenoxy) is 2. The summed E-state index contributed by atoms with van der Waals surface area (Å²) in [7, 11) is 0. The maximum atomic E-state index is 13.3. The fourth-order valence-electron chi connectivity index (χ4n) is 2.47. The van der Waals surface area contributed by atoms with Gasteiger partial charge in [0.2, 0.25) is 6.79 Å². The van der Waals surface area contributed by atoms with Crippen molar-refractivity contribution in [3.63, 3.8) is 0 Å². The summed E-state index contributed by atoms with van der Waals surface area (Å²) in [5.74, 6) is -0.565. The molecule has 0 unspecified atom stereocenters. The number of nitrogens with zero attached hydrogens (tertiary/aromatic N) is 2. The minimum absolute atomic E-state index is 0.193. The van der Waals surface area contributed by atoms with E-state index >= 15 is 0 Å². The van der Waals surface area contributed by atoms with Gasteiger partial charge in [0.05, 0.1) is 5.69 Å². The second-order valence-electron chi connectivity index (χ2n) is 5.55. The molecule has 2 heterocycles. The van der Waals surface area contributed by atoms with Crippen LogP contribution in [0.15, 0.2) is 48.0 Å². The molecular formula is C19H11F2N3O2S. The molecular weight excluding hydrogens is 372 g/mol. The summed E-state index contributed by atoms with van der Waals surface area (Å²) >= 11 is 1.30. The van der Waals surface area contributed by atoms with E-state index in [1.54, 1.807) is 0 Å². The topological polar surface area (TPSA) is 67.2 Å². The van der Waals surface area contributed by atoms with Crippen molar-refractivity contribution in [2.24, 2.45) is 0 Å². The molecule has 1 N–H and O–H groups in total. The van der Waals surface area contributed by atoms with Crippen LogP contribution in [-0.4, -0.2) is 11.8 Å². The molecule has 0 atom stereocenters. The summed E-state index contributed by atoms with van der Waals surface area (Å²) in [6.07, 6.45) is 1.41. The molecule has 1 aliphatic rings. The molecule has 0 saturated carbocycles. The zero-order chi connectivity index (χ0) is 18.8. The third kappa shape index (κ3) is 3.45. The van der Waals surface area contributed by atoms with Crippen LogP contribution in [0.1, 0.15) is 5.01 Å². The molecule has 0 aliphatic carbocycles. The van der Waals surface area contributed by atoms with Crippen molar-refractivity contribution in [1.29, 1.82) is 5.26 Å². The number of anilines is 1. The average Bonchev–Trinajstić information content (AvgIpc) is 3.34. The number of nitrogens with one attached hydrogen (secondary N) is 1. The van der Waals surface area contributed by atoms with Gasteiger partial charge in [0.15, 0.2) is 23.1 Å². The van der Waals surface area contributed by atoms with Crippen LogP contribution in [0.3, 0.4) is 0 Å². The van der Waals surface area contributed by atoms with Crippen molar-refractivity contribution in [2.75, 3.05) is 12.1 Å². The van der Waals surface area contributed by atoms with E-state index in [4.69, 9.17) is 9.47 Å². The normalized spacial score (nSPS) is 12.7. The monoisotopic (exact) mass is 383 g/mol. The van der Waals surface area contributed by atoms with Gasteiger partial charge in [0.25, 0.3) is 0 Å². The maximum absolute atomic E-state index is 13.3. The summed E-state index contributed by atoms with van der Waals surface area (Å²) in [5.41, 5.74) is 2.14. The fourth-order valence-corrected chi connectivity index (χ4v) is 3.26. The van der Waals surface area contributed by atoms with Gasteiger partial charge in [-0.1, -0.05) is 0 Å². The van der Waals surface area contributed by atoms with Gasteiger partial charge in [-0.2, -0.15) is 5.26 Å². The number of allylic oxidation sites excluding steroid dienone is 1. The summed E-state index contributed by atoms with van der Waals surface area (Å²) < 4.78 is 36.9. The van der Waals surface area contributed by atoms with Crippen molar-refractivity contribution >= 4 is 22.6 Å². The Morgan fingerprint density at radius 3 is 2.81 bits per heavy atom. The number of hydrogen-bond acceptors (Lipinski definition) is 6. The van der Waals surface area contributed by atoms with Crippen LogP contribution in [0.25, 0.3) is 16.8 Å². The number of fused-ring (bicyclic) bond motifs is 1. The second-order valence-corrected chi connectivity index (χ2v) is 6.41. The van der Waals surface area contributed by atoms with Gasteiger partial charge in [0, 0.05) is 28.9 Å². The first-order chi connectivity index (χ1) is 13.1. The van der Waals surface area contributed by atoms with Gasteiger partial charge in [-0.3, -0.25) is 0 Å². The first-order valence-corrected chi connectivity index (χ1v) is 8.70. The van der Waals surface area contributed by atoms with Crippen LogP contribution in [0.4, 0.5) is 14.5 Å². The summed E-state index contributed by atoms with van der Waals surface area (Å²) in [6.45, 7) is 0.193. The van der Waals surface area contributed by atoms with Crippen molar-refractivity contribution in [2.45, 2.75) is 0 Å². The molecule has 1 aromatic heterocycles. The Hall–Kier alpha value is -3.44. The van der Waals surface area contributed by atoms with E-state index < -0.39 is 11.6 Å². The van der Waals surface area contributed by atoms with E-state index in [9.17, 15) is 14.0 Å². The van der Waals surface area contributed by atoms with Crippen molar-refractivity contribution < 1.29 is 18.3 Å². The van der Waals surface area contributed by atoms with E-state index in [2.05, 4.69) is 16.4 Å². The molecule has 0 amide bonds. The minimum Gasteiger partial charge on any atom is -0.454 e. The third-order valence-electron chi connectivity index (χ3n) is 3.83. The molecule has 0 bridgehead atoms. The predicted octanol–water partition coefficient (Wildman–Crippen LogP) is 4.79. The van der Waals surface area contributed by atoms with E-state index in [-0.39, 0.29) is 12.4 Å². The largest absolute Gasteiger partial charge is 0.454 e. The molecule has 0 saturated heterocycles. The number of thiazole rings is 1. The lowest BCUT2D eigenvalue weighted by molar-refractivity contribution is 0.174. The summed E-state index contributed by atoms with van der Waals surface area (Å²) in [6, 6.07) is 11.0. The van der Waals surface area contributed by atoms with E-state index in [0.29, 0.717) is 27.9 Å². The van der Waals surface area contributed by atoms with Gasteiger partial charge >= 0.3 is 0 Å². The standard InChI is InChI=1S/C19H11F2N3O2S/c20-14-3-2-13(6-15(14)21)23-8-12(7-22)19-24-16(9-27-19)11-1-4-17-18(5-11)26-10-25-17/h1-6,8-9,23H,10H2/b12-8+. The molecule has 0 spiro atoms. The number of aromatic nitrogens is 1. The molecule has 3 aromatic rings. The van der Waals surface area contributed by atoms with E-state index in [0.717, 1.165) is 17.7 Å². The zero-order valence-electron chi connectivity index (χ0n) is 13.7. The Morgan fingerprint density at radius 1 is 1.15 bits per heavy atom. The molecule has 4 rings (SSSR count). The molecule has 5 nitrogen and oxygen atoms in total. The Bertz CT molecular complexity index is 1090. The lowest BCUT2D eigenvalue weighted by atomic mass is 10.1. The van der Waals surface area contributed by atoms with Gasteiger partial charge in [-0.15, -0.1) is 11.3 Å². The molecule has 1 aliphatic heterocycles. The zero-order valence-corrected chi connectivity index (χ0v) is 14.5. The second kappa shape index (κ2) is 7.05. The van der Waals surface area contributed by atoms with Gasteiger partial charge < -0.3 is 14.8 Å². The van der Waals surface area contributed by atoms with Gasteiger partial charge in [0.1, 0.15) is 16.6 Å². The Labute approximate surface area is 157 Å². The highest BCUT2D eigenvalue weighted by Gasteiger charge is 2.16. The van der Waals surface area contributed by atoms with Gasteiger partial charge in [-0.25, -0.2) is 13.8 Å². The van der Waals surface area contributed by atoms with Crippen LogP contribution in [0, 0.1) is 23.0 Å². The SMILES string of the molecule is N#C/C(=C\Nc1ccc(F)c(F)c1)c1nc(-c2ccc3c(c2)OCO3)cs1. The van der Waals surface area contributed by atoms with Crippen LogP contribution in [0.5, 0.6) is 11.5 Å². The Morgan fingerprint density at radius 2 is 2.00 bits per heavy atom. The smallest absolute Gasteiger partial charge is 0.231 e. The summed E-state index contributed by atoms with van der Waals surface area (Å²) in [5, 5.41) is 14.5. The van der Waals surface area contributed by atoms with Crippen molar-refractivity contribution in [3.8, 4) is 28.8 Å². The number of nitriles is 1. The average molecular weight is 383 g/mol. The van der Waals surface area contributed by atoms with Crippen molar-refractivity contribution in [1.82, 2.24) is 4.98 Å². The quantitative estimate of drug-likeness (QED) is 0.656. The van der Waals surface area contributed by atoms with E-state index in [1.807, 2.05) is 23.6 Å². The highest BCUT2D eigenvalue weighted by Crippen LogP contribution is 2.36. The van der Waals surface area contributed by atoms with Crippen LogP contribution in [-0.2, 0) is 0 Å². The Balaban J connectivity index is 1.57. The van der Waals surface area contributed by atoms with Gasteiger partial charge in [-0.05, 0) is 30.3 Å². The van der Waals surface area contributed by atoms with Crippen molar-refractivity contribution in [3.05, 3.63) is 64.6 Å². The molecule has 0 radical (unpaired) electrons. The van der Waals surface area contributed by atoms with Crippen LogP contribution >= 0.6 is 11.3 Å². The maximum Gasteiger partial charge on any atom is 0.231 e. The minimum atomic E-state index is -0.966. The number of rotatable bonds is 4. The number of benzene rings is 2.